The second-order valence-corrected chi connectivity index (χ2v) is 5.33. The lowest BCUT2D eigenvalue weighted by atomic mass is 9.86. The Morgan fingerprint density at radius 3 is 2.77 bits per heavy atom. The third kappa shape index (κ3) is 2.50. The Kier molecular flexibility index (Phi) is 3.33. The first-order valence-corrected chi connectivity index (χ1v) is 6.42. The molecule has 0 aromatic rings. The quantitative estimate of drug-likeness (QED) is 0.703. The molecule has 13 heavy (non-hydrogen) atoms. The number of hydrogen-bond acceptors (Lipinski definition) is 2. The van der Waals surface area contributed by atoms with Crippen molar-refractivity contribution in [3.8, 4) is 0 Å². The third-order valence-corrected chi connectivity index (χ3v) is 4.49. The Balaban J connectivity index is 1.72. The average molecular weight is 198 g/mol. The van der Waals surface area contributed by atoms with Gasteiger partial charge in [0.15, 0.2) is 0 Å². The van der Waals surface area contributed by atoms with Crippen LogP contribution in [0.15, 0.2) is 12.2 Å². The summed E-state index contributed by atoms with van der Waals surface area (Å²) in [5, 5.41) is 9.88. The summed E-state index contributed by atoms with van der Waals surface area (Å²) in [6.07, 6.45) is 9.26. The molecule has 74 valence electrons. The zero-order valence-corrected chi connectivity index (χ0v) is 8.80. The zero-order valence-electron chi connectivity index (χ0n) is 7.98. The van der Waals surface area contributed by atoms with Crippen molar-refractivity contribution < 1.29 is 5.11 Å². The molecule has 0 aromatic heterocycles. The average Bonchev–Trinajstić information content (AvgIpc) is 2.02. The van der Waals surface area contributed by atoms with E-state index in [1.54, 1.807) is 0 Å². The van der Waals surface area contributed by atoms with Crippen molar-refractivity contribution in [3.05, 3.63) is 12.2 Å². The molecule has 1 saturated heterocycles. The van der Waals surface area contributed by atoms with E-state index in [9.17, 15) is 5.11 Å². The Morgan fingerprint density at radius 2 is 2.23 bits per heavy atom. The van der Waals surface area contributed by atoms with E-state index in [2.05, 4.69) is 12.2 Å². The van der Waals surface area contributed by atoms with Crippen LogP contribution in [0.2, 0.25) is 0 Å². The fourth-order valence-corrected chi connectivity index (χ4v) is 3.03. The van der Waals surface area contributed by atoms with Gasteiger partial charge in [-0.15, -0.1) is 0 Å². The number of aliphatic hydroxyl groups excluding tert-OH is 1. The van der Waals surface area contributed by atoms with Crippen LogP contribution in [0.5, 0.6) is 0 Å². The first-order chi connectivity index (χ1) is 6.36. The van der Waals surface area contributed by atoms with Crippen molar-refractivity contribution in [1.82, 2.24) is 0 Å². The summed E-state index contributed by atoms with van der Waals surface area (Å²) in [6.45, 7) is 0. The number of allylic oxidation sites excluding steroid dienone is 2. The van der Waals surface area contributed by atoms with E-state index < -0.39 is 0 Å². The van der Waals surface area contributed by atoms with Crippen LogP contribution >= 0.6 is 11.8 Å². The highest BCUT2D eigenvalue weighted by atomic mass is 32.2. The van der Waals surface area contributed by atoms with Gasteiger partial charge in [0, 0.05) is 5.92 Å². The lowest BCUT2D eigenvalue weighted by Crippen LogP contribution is -2.33. The molecule has 0 radical (unpaired) electrons. The van der Waals surface area contributed by atoms with Gasteiger partial charge in [0.2, 0.25) is 0 Å². The summed E-state index contributed by atoms with van der Waals surface area (Å²) < 4.78 is 0. The van der Waals surface area contributed by atoms with Gasteiger partial charge in [-0.3, -0.25) is 0 Å². The van der Waals surface area contributed by atoms with Crippen LogP contribution in [0.1, 0.15) is 25.7 Å². The molecule has 2 aliphatic rings. The molecule has 0 bridgehead atoms. The first-order valence-electron chi connectivity index (χ1n) is 5.27. The van der Waals surface area contributed by atoms with E-state index in [1.165, 1.54) is 30.8 Å². The molecule has 1 aliphatic heterocycles. The van der Waals surface area contributed by atoms with Crippen LogP contribution in [-0.4, -0.2) is 22.7 Å². The van der Waals surface area contributed by atoms with E-state index in [0.29, 0.717) is 5.92 Å². The Hall–Kier alpha value is 0.0500. The molecular formula is C11H18OS. The molecule has 1 heterocycles. The summed E-state index contributed by atoms with van der Waals surface area (Å²) in [7, 11) is 0. The smallest absolute Gasteiger partial charge is 0.0586 e. The lowest BCUT2D eigenvalue weighted by molar-refractivity contribution is 0.0945. The maximum Gasteiger partial charge on any atom is 0.0586 e. The topological polar surface area (TPSA) is 20.2 Å². The minimum atomic E-state index is -0.0160. The van der Waals surface area contributed by atoms with Crippen molar-refractivity contribution in [2.75, 3.05) is 11.5 Å². The van der Waals surface area contributed by atoms with Crippen LogP contribution in [0.3, 0.4) is 0 Å². The predicted molar refractivity (Wildman–Crippen MR) is 57.9 cm³/mol. The van der Waals surface area contributed by atoms with E-state index in [1.807, 2.05) is 11.8 Å². The molecule has 0 aromatic carbocycles. The second-order valence-electron chi connectivity index (χ2n) is 4.25. The highest BCUT2D eigenvalue weighted by molar-refractivity contribution is 8.00. The second kappa shape index (κ2) is 4.52. The maximum atomic E-state index is 9.88. The highest BCUT2D eigenvalue weighted by Crippen LogP contribution is 2.32. The van der Waals surface area contributed by atoms with Crippen LogP contribution in [-0.2, 0) is 0 Å². The largest absolute Gasteiger partial charge is 0.393 e. The maximum absolute atomic E-state index is 9.88. The monoisotopic (exact) mass is 198 g/mol. The van der Waals surface area contributed by atoms with Gasteiger partial charge in [-0.2, -0.15) is 11.8 Å². The van der Waals surface area contributed by atoms with Crippen molar-refractivity contribution in [1.29, 1.82) is 0 Å². The summed E-state index contributed by atoms with van der Waals surface area (Å²) >= 11 is 1.96. The molecule has 0 saturated carbocycles. The molecule has 1 aliphatic carbocycles. The normalized spacial score (nSPS) is 31.3. The molecule has 2 rings (SSSR count). The van der Waals surface area contributed by atoms with Crippen LogP contribution in [0, 0.1) is 11.8 Å². The molecule has 2 heteroatoms. The molecule has 0 amide bonds. The van der Waals surface area contributed by atoms with Gasteiger partial charge in [0.25, 0.3) is 0 Å². The first kappa shape index (κ1) is 9.60. The van der Waals surface area contributed by atoms with Gasteiger partial charge in [-0.05, 0) is 43.1 Å². The van der Waals surface area contributed by atoms with Gasteiger partial charge in [-0.25, -0.2) is 0 Å². The summed E-state index contributed by atoms with van der Waals surface area (Å²) in [5.41, 5.74) is 0. The van der Waals surface area contributed by atoms with Gasteiger partial charge in [0.1, 0.15) is 0 Å². The number of hydrogen-bond donors (Lipinski definition) is 1. The Bertz CT molecular complexity index is 187. The predicted octanol–water partition coefficient (Wildman–Crippen LogP) is 2.46. The van der Waals surface area contributed by atoms with E-state index in [0.717, 1.165) is 12.3 Å². The third-order valence-electron chi connectivity index (χ3n) is 3.16. The van der Waals surface area contributed by atoms with Crippen LogP contribution in [0.25, 0.3) is 0 Å². The fourth-order valence-electron chi connectivity index (χ4n) is 2.08. The van der Waals surface area contributed by atoms with E-state index in [4.69, 9.17) is 0 Å². The molecule has 1 fully saturated rings. The van der Waals surface area contributed by atoms with Crippen LogP contribution in [0.4, 0.5) is 0 Å². The molecular weight excluding hydrogens is 180 g/mol. The SMILES string of the molecule is OC(CC1CC=CCC1)C1CSC1. The minimum absolute atomic E-state index is 0.0160. The van der Waals surface area contributed by atoms with Crippen molar-refractivity contribution >= 4 is 11.8 Å². The van der Waals surface area contributed by atoms with Gasteiger partial charge in [-0.1, -0.05) is 12.2 Å². The Morgan fingerprint density at radius 1 is 1.38 bits per heavy atom. The highest BCUT2D eigenvalue weighted by Gasteiger charge is 2.28. The molecule has 2 atom stereocenters. The lowest BCUT2D eigenvalue weighted by Gasteiger charge is -2.32. The number of rotatable bonds is 3. The van der Waals surface area contributed by atoms with Crippen molar-refractivity contribution in [3.63, 3.8) is 0 Å². The van der Waals surface area contributed by atoms with Gasteiger partial charge < -0.3 is 5.11 Å². The molecule has 1 N–H and O–H groups in total. The number of thioether (sulfide) groups is 1. The minimum Gasteiger partial charge on any atom is -0.393 e. The summed E-state index contributed by atoms with van der Waals surface area (Å²) in [4.78, 5) is 0. The summed E-state index contributed by atoms with van der Waals surface area (Å²) in [5.74, 6) is 3.73. The fraction of sp³-hybridized carbons (Fsp3) is 0.818. The molecule has 2 unspecified atom stereocenters. The standard InChI is InChI=1S/C11H18OS/c12-11(10-7-13-8-10)6-9-4-2-1-3-5-9/h1-2,9-12H,3-8H2. The van der Waals surface area contributed by atoms with Crippen molar-refractivity contribution in [2.45, 2.75) is 31.8 Å². The summed E-state index contributed by atoms with van der Waals surface area (Å²) in [6, 6.07) is 0. The number of aliphatic hydroxyl groups is 1. The van der Waals surface area contributed by atoms with E-state index in [-0.39, 0.29) is 6.10 Å². The molecule has 0 spiro atoms. The van der Waals surface area contributed by atoms with Gasteiger partial charge in [0.05, 0.1) is 6.10 Å². The molecule has 1 nitrogen and oxygen atoms in total. The van der Waals surface area contributed by atoms with Crippen molar-refractivity contribution in [2.24, 2.45) is 11.8 Å². The van der Waals surface area contributed by atoms with Gasteiger partial charge >= 0.3 is 0 Å². The zero-order chi connectivity index (χ0) is 9.10. The van der Waals surface area contributed by atoms with E-state index >= 15 is 0 Å². The Labute approximate surface area is 84.6 Å². The van der Waals surface area contributed by atoms with Crippen LogP contribution < -0.4 is 0 Å².